The quantitative estimate of drug-likeness (QED) is 0.785. The summed E-state index contributed by atoms with van der Waals surface area (Å²) in [4.78, 5) is 13.1. The van der Waals surface area contributed by atoms with Crippen LogP contribution in [0.15, 0.2) is 35.2 Å². The van der Waals surface area contributed by atoms with Crippen LogP contribution in [-0.2, 0) is 15.6 Å². The van der Waals surface area contributed by atoms with Crippen molar-refractivity contribution in [2.24, 2.45) is 17.8 Å². The SMILES string of the molecule is Cc1ccc(S(=O)(=O)NC(=O)c2cc(C)n(C34CC5CC(CC(C5)C3)C4)c2C)cc1. The number of hydrogen-bond donors (Lipinski definition) is 1. The van der Waals surface area contributed by atoms with E-state index < -0.39 is 15.9 Å². The molecule has 4 fully saturated rings. The minimum Gasteiger partial charge on any atom is -0.342 e. The predicted octanol–water partition coefficient (Wildman–Crippen LogP) is 4.46. The molecule has 4 aliphatic carbocycles. The molecule has 0 atom stereocenters. The summed E-state index contributed by atoms with van der Waals surface area (Å²) >= 11 is 0. The van der Waals surface area contributed by atoms with Crippen molar-refractivity contribution >= 4 is 15.9 Å². The lowest BCUT2D eigenvalue weighted by atomic mass is 9.53. The zero-order chi connectivity index (χ0) is 21.3. The first-order chi connectivity index (χ1) is 14.2. The van der Waals surface area contributed by atoms with Crippen LogP contribution in [0.3, 0.4) is 0 Å². The first kappa shape index (κ1) is 19.9. The molecule has 6 heteroatoms. The summed E-state index contributed by atoms with van der Waals surface area (Å²) in [6, 6.07) is 8.40. The number of nitrogens with one attached hydrogen (secondary N) is 1. The lowest BCUT2D eigenvalue weighted by molar-refractivity contribution is -0.0446. The van der Waals surface area contributed by atoms with E-state index in [9.17, 15) is 13.2 Å². The van der Waals surface area contributed by atoms with Crippen molar-refractivity contribution in [1.82, 2.24) is 9.29 Å². The van der Waals surface area contributed by atoms with Gasteiger partial charge >= 0.3 is 0 Å². The molecule has 160 valence electrons. The number of aryl methyl sites for hydroxylation is 2. The van der Waals surface area contributed by atoms with Gasteiger partial charge in [-0.05, 0) is 95.2 Å². The molecule has 0 unspecified atom stereocenters. The molecular weight excluding hydrogens is 396 g/mol. The van der Waals surface area contributed by atoms with E-state index in [0.29, 0.717) is 5.56 Å². The summed E-state index contributed by atoms with van der Waals surface area (Å²) in [6.45, 7) is 5.92. The lowest BCUT2D eigenvalue weighted by Gasteiger charge is -2.58. The van der Waals surface area contributed by atoms with E-state index in [1.165, 1.54) is 50.7 Å². The third-order valence-corrected chi connectivity index (χ3v) is 9.06. The van der Waals surface area contributed by atoms with Crippen LogP contribution in [-0.4, -0.2) is 18.9 Å². The van der Waals surface area contributed by atoms with E-state index in [0.717, 1.165) is 34.7 Å². The van der Waals surface area contributed by atoms with Gasteiger partial charge in [-0.1, -0.05) is 17.7 Å². The number of hydrogen-bond acceptors (Lipinski definition) is 3. The second-order valence-electron chi connectivity index (χ2n) is 10.0. The number of rotatable bonds is 4. The van der Waals surface area contributed by atoms with Gasteiger partial charge in [-0.15, -0.1) is 0 Å². The fourth-order valence-corrected chi connectivity index (χ4v) is 7.98. The summed E-state index contributed by atoms with van der Waals surface area (Å²) in [7, 11) is -3.90. The highest BCUT2D eigenvalue weighted by molar-refractivity contribution is 7.90. The molecule has 0 aliphatic heterocycles. The molecule has 30 heavy (non-hydrogen) atoms. The maximum atomic E-state index is 13.0. The van der Waals surface area contributed by atoms with Gasteiger partial charge in [0.2, 0.25) is 0 Å². The number of benzene rings is 1. The molecule has 1 aromatic heterocycles. The molecule has 5 nitrogen and oxygen atoms in total. The van der Waals surface area contributed by atoms with Gasteiger partial charge < -0.3 is 4.57 Å². The second kappa shape index (κ2) is 6.71. The van der Waals surface area contributed by atoms with E-state index in [1.807, 2.05) is 19.9 Å². The third-order valence-electron chi connectivity index (χ3n) is 7.71. The van der Waals surface area contributed by atoms with Gasteiger partial charge in [0, 0.05) is 16.9 Å². The van der Waals surface area contributed by atoms with Crippen molar-refractivity contribution in [3.63, 3.8) is 0 Å². The van der Waals surface area contributed by atoms with E-state index in [1.54, 1.807) is 12.1 Å². The third kappa shape index (κ3) is 3.11. The van der Waals surface area contributed by atoms with Gasteiger partial charge in [0.05, 0.1) is 10.5 Å². The Balaban J connectivity index is 1.45. The van der Waals surface area contributed by atoms with Crippen molar-refractivity contribution < 1.29 is 13.2 Å². The van der Waals surface area contributed by atoms with Crippen LogP contribution in [0.4, 0.5) is 0 Å². The largest absolute Gasteiger partial charge is 0.342 e. The van der Waals surface area contributed by atoms with Gasteiger partial charge in [0.15, 0.2) is 0 Å². The number of sulfonamides is 1. The normalized spacial score (nSPS) is 29.9. The maximum Gasteiger partial charge on any atom is 0.266 e. The average molecular weight is 427 g/mol. The summed E-state index contributed by atoms with van der Waals surface area (Å²) in [6.07, 6.45) is 7.66. The molecule has 0 saturated heterocycles. The Hall–Kier alpha value is -2.08. The summed E-state index contributed by atoms with van der Waals surface area (Å²) < 4.78 is 30.1. The number of carbonyl (C=O) groups excluding carboxylic acids is 1. The van der Waals surface area contributed by atoms with Crippen LogP contribution in [0, 0.1) is 38.5 Å². The molecule has 1 heterocycles. The first-order valence-corrected chi connectivity index (χ1v) is 12.5. The Labute approximate surface area is 178 Å². The van der Waals surface area contributed by atoms with Crippen molar-refractivity contribution in [3.05, 3.63) is 52.8 Å². The van der Waals surface area contributed by atoms with Crippen molar-refractivity contribution in [1.29, 1.82) is 0 Å². The molecule has 0 radical (unpaired) electrons. The molecule has 1 aromatic carbocycles. The Morgan fingerprint density at radius 2 is 1.50 bits per heavy atom. The van der Waals surface area contributed by atoms with Crippen molar-refractivity contribution in [2.75, 3.05) is 0 Å². The number of nitrogens with zero attached hydrogens (tertiary/aromatic N) is 1. The van der Waals surface area contributed by atoms with Gasteiger partial charge in [0.25, 0.3) is 15.9 Å². The van der Waals surface area contributed by atoms with E-state index >= 15 is 0 Å². The topological polar surface area (TPSA) is 68.2 Å². The fraction of sp³-hybridized carbons (Fsp3) is 0.542. The summed E-state index contributed by atoms with van der Waals surface area (Å²) in [5, 5.41) is 0. The summed E-state index contributed by atoms with van der Waals surface area (Å²) in [5.74, 6) is 1.87. The minimum atomic E-state index is -3.90. The molecular formula is C24H30N2O3S. The van der Waals surface area contributed by atoms with Crippen LogP contribution >= 0.6 is 0 Å². The molecule has 6 rings (SSSR count). The standard InChI is InChI=1S/C24H30N2O3S/c1-15-4-6-21(7-5-15)30(28,29)25-23(27)22-8-16(2)26(17(22)3)24-12-18-9-19(13-24)11-20(10-18)14-24/h4-8,18-20H,9-14H2,1-3H3,(H,25,27). The zero-order valence-corrected chi connectivity index (χ0v) is 18.8. The molecule has 4 saturated carbocycles. The van der Waals surface area contributed by atoms with Crippen molar-refractivity contribution in [3.8, 4) is 0 Å². The Morgan fingerprint density at radius 1 is 0.967 bits per heavy atom. The monoisotopic (exact) mass is 426 g/mol. The minimum absolute atomic E-state index is 0.108. The highest BCUT2D eigenvalue weighted by Crippen LogP contribution is 2.59. The smallest absolute Gasteiger partial charge is 0.266 e. The van der Waals surface area contributed by atoms with E-state index in [4.69, 9.17) is 0 Å². The second-order valence-corrected chi connectivity index (χ2v) is 11.7. The molecule has 4 aliphatic rings. The molecule has 1 N–H and O–H groups in total. The predicted molar refractivity (Wildman–Crippen MR) is 116 cm³/mol. The van der Waals surface area contributed by atoms with Crippen LogP contribution < -0.4 is 4.72 Å². The van der Waals surface area contributed by atoms with Crippen LogP contribution in [0.1, 0.15) is 65.8 Å². The average Bonchev–Trinajstić information content (AvgIpc) is 2.95. The zero-order valence-electron chi connectivity index (χ0n) is 17.9. The molecule has 2 aromatic rings. The Bertz CT molecular complexity index is 1080. The van der Waals surface area contributed by atoms with Crippen LogP contribution in [0.5, 0.6) is 0 Å². The molecule has 4 bridgehead atoms. The fourth-order valence-electron chi connectivity index (χ4n) is 7.01. The Morgan fingerprint density at radius 3 is 2.03 bits per heavy atom. The van der Waals surface area contributed by atoms with Gasteiger partial charge in [-0.3, -0.25) is 4.79 Å². The Kier molecular flexibility index (Phi) is 4.44. The van der Waals surface area contributed by atoms with Gasteiger partial charge in [-0.25, -0.2) is 13.1 Å². The summed E-state index contributed by atoms with van der Waals surface area (Å²) in [5.41, 5.74) is 3.51. The maximum absolute atomic E-state index is 13.0. The number of amides is 1. The van der Waals surface area contributed by atoms with E-state index in [2.05, 4.69) is 16.2 Å². The highest BCUT2D eigenvalue weighted by atomic mass is 32.2. The number of aromatic nitrogens is 1. The van der Waals surface area contributed by atoms with Crippen LogP contribution in [0.25, 0.3) is 0 Å². The van der Waals surface area contributed by atoms with Crippen molar-refractivity contribution in [2.45, 2.75) is 69.7 Å². The van der Waals surface area contributed by atoms with E-state index in [-0.39, 0.29) is 10.4 Å². The van der Waals surface area contributed by atoms with Crippen LogP contribution in [0.2, 0.25) is 0 Å². The van der Waals surface area contributed by atoms with Gasteiger partial charge in [0.1, 0.15) is 0 Å². The van der Waals surface area contributed by atoms with Gasteiger partial charge in [-0.2, -0.15) is 0 Å². The number of carbonyl (C=O) groups is 1. The lowest BCUT2D eigenvalue weighted by Crippen LogP contribution is -2.52. The highest BCUT2D eigenvalue weighted by Gasteiger charge is 2.52. The molecule has 1 amide bonds. The molecule has 0 spiro atoms. The first-order valence-electron chi connectivity index (χ1n) is 11.0.